The molecular weight excluding hydrogens is 1050 g/mol. The Morgan fingerprint density at radius 2 is 0.890 bits per heavy atom. The van der Waals surface area contributed by atoms with E-state index in [4.69, 9.17) is 19.4 Å². The molecule has 18 heteroatoms. The van der Waals surface area contributed by atoms with Crippen molar-refractivity contribution >= 4 is 43.9 Å². The highest BCUT2D eigenvalue weighted by molar-refractivity contribution is 6.08. The summed E-state index contributed by atoms with van der Waals surface area (Å²) in [5, 5.41) is 40.9. The van der Waals surface area contributed by atoms with E-state index in [9.17, 15) is 10.2 Å². The highest BCUT2D eigenvalue weighted by Gasteiger charge is 2.45. The minimum Gasteiger partial charge on any atom is -0.385 e. The fourth-order valence-corrected chi connectivity index (χ4v) is 13.6. The summed E-state index contributed by atoms with van der Waals surface area (Å²) in [4.78, 5) is 9.71. The zero-order valence-electron chi connectivity index (χ0n) is 46.9. The minimum atomic E-state index is -1.30. The van der Waals surface area contributed by atoms with Crippen LogP contribution in [0.4, 0.5) is 17.6 Å². The number of halogens is 4. The molecule has 14 rings (SSSR count). The molecule has 4 aromatic carbocycles. The van der Waals surface area contributed by atoms with Crippen molar-refractivity contribution in [2.45, 2.75) is 102 Å². The number of aromatic nitrogens is 10. The van der Waals surface area contributed by atoms with E-state index in [0.29, 0.717) is 59.4 Å². The lowest BCUT2D eigenvalue weighted by atomic mass is 9.86. The van der Waals surface area contributed by atoms with Gasteiger partial charge in [-0.25, -0.2) is 26.9 Å². The number of aliphatic hydroxyl groups is 2. The summed E-state index contributed by atoms with van der Waals surface area (Å²) in [7, 11) is 3.67. The summed E-state index contributed by atoms with van der Waals surface area (Å²) in [5.41, 5.74) is 8.11. The number of hydrogen-bond donors (Lipinski definition) is 2. The number of ether oxygens (including phenoxy) is 2. The fraction of sp³-hybridized carbons (Fsp3) is 0.406. The van der Waals surface area contributed by atoms with Gasteiger partial charge in [0.15, 0.2) is 0 Å². The third-order valence-corrected chi connectivity index (χ3v) is 18.3. The molecular formula is C64H66F4N10O4. The monoisotopic (exact) mass is 1110 g/mol. The third kappa shape index (κ3) is 9.26. The maximum absolute atomic E-state index is 15.8. The maximum Gasteiger partial charge on any atom is 0.130 e. The predicted octanol–water partition coefficient (Wildman–Crippen LogP) is 12.4. The molecule has 4 atom stereocenters. The Labute approximate surface area is 471 Å². The number of fused-ring (bicyclic) bond motifs is 6. The quantitative estimate of drug-likeness (QED) is 0.113. The predicted molar refractivity (Wildman–Crippen MR) is 305 cm³/mol. The van der Waals surface area contributed by atoms with Gasteiger partial charge < -0.3 is 28.8 Å². The highest BCUT2D eigenvalue weighted by atomic mass is 19.1. The molecule has 0 bridgehead atoms. The number of rotatable bonds is 12. The summed E-state index contributed by atoms with van der Waals surface area (Å²) >= 11 is 0. The standard InChI is InChI=1S/2C32H33F2N5O2/c2*1-18-30(38(3)37-36-18)20-14-28-29(35-17-20)23-15-26(34)24(32(2,40)21-8-9-21)16-27(23)39(28)31(19-10-12-41-13-11-19)22-6-4-5-7-25(22)33/h2*4-7,14-17,19,21,31,40H,8-13H2,1-3H3/t2*31-,32?/m00/s1. The van der Waals surface area contributed by atoms with Crippen molar-refractivity contribution in [3.05, 3.63) is 154 Å². The Bertz CT molecular complexity index is 3790. The van der Waals surface area contributed by atoms with Crippen molar-refractivity contribution in [1.29, 1.82) is 0 Å². The number of pyridine rings is 2. The van der Waals surface area contributed by atoms with Crippen LogP contribution in [-0.4, -0.2) is 85.7 Å². The lowest BCUT2D eigenvalue weighted by Crippen LogP contribution is -2.28. The molecule has 2 saturated carbocycles. The summed E-state index contributed by atoms with van der Waals surface area (Å²) < 4.78 is 82.0. The minimum absolute atomic E-state index is 0.00943. The van der Waals surface area contributed by atoms with Crippen LogP contribution in [0.25, 0.3) is 66.4 Å². The van der Waals surface area contributed by atoms with Crippen molar-refractivity contribution in [3.63, 3.8) is 0 Å². The van der Waals surface area contributed by atoms with Gasteiger partial charge in [-0.15, -0.1) is 10.2 Å². The lowest BCUT2D eigenvalue weighted by Gasteiger charge is -2.33. The van der Waals surface area contributed by atoms with Crippen molar-refractivity contribution < 1.29 is 37.2 Å². The molecule has 2 aliphatic heterocycles. The Hall–Kier alpha value is -7.38. The van der Waals surface area contributed by atoms with E-state index in [-0.39, 0.29) is 46.4 Å². The molecule has 8 heterocycles. The first-order chi connectivity index (χ1) is 39.5. The second-order valence-electron chi connectivity index (χ2n) is 23.6. The zero-order valence-corrected chi connectivity index (χ0v) is 46.9. The molecule has 2 unspecified atom stereocenters. The molecule has 0 radical (unpaired) electrons. The van der Waals surface area contributed by atoms with E-state index in [0.717, 1.165) is 107 Å². The van der Waals surface area contributed by atoms with E-state index in [2.05, 4.69) is 29.8 Å². The Morgan fingerprint density at radius 3 is 1.23 bits per heavy atom. The van der Waals surface area contributed by atoms with E-state index in [1.807, 2.05) is 64.3 Å². The van der Waals surface area contributed by atoms with E-state index >= 15 is 17.6 Å². The first-order valence-corrected chi connectivity index (χ1v) is 28.6. The van der Waals surface area contributed by atoms with Crippen LogP contribution in [-0.2, 0) is 34.8 Å². The molecule has 82 heavy (non-hydrogen) atoms. The summed E-state index contributed by atoms with van der Waals surface area (Å²) in [6, 6.07) is 23.6. The molecule has 4 fully saturated rings. The van der Waals surface area contributed by atoms with Gasteiger partial charge in [0.2, 0.25) is 0 Å². The largest absolute Gasteiger partial charge is 0.385 e. The number of nitrogens with zero attached hydrogens (tertiary/aromatic N) is 10. The van der Waals surface area contributed by atoms with Gasteiger partial charge in [-0.2, -0.15) is 0 Å². The van der Waals surface area contributed by atoms with Crippen LogP contribution in [0.2, 0.25) is 0 Å². The van der Waals surface area contributed by atoms with E-state index in [1.165, 1.54) is 24.3 Å². The summed E-state index contributed by atoms with van der Waals surface area (Å²) in [6.45, 7) is 9.55. The van der Waals surface area contributed by atoms with Gasteiger partial charge in [0.25, 0.3) is 0 Å². The van der Waals surface area contributed by atoms with Crippen LogP contribution in [0, 0.1) is 60.8 Å². The number of benzene rings is 4. The molecule has 2 saturated heterocycles. The zero-order chi connectivity index (χ0) is 56.9. The normalized spacial score (nSPS) is 18.7. The first-order valence-electron chi connectivity index (χ1n) is 28.6. The molecule has 0 spiro atoms. The fourth-order valence-electron chi connectivity index (χ4n) is 13.6. The van der Waals surface area contributed by atoms with Gasteiger partial charge >= 0.3 is 0 Å². The molecule has 4 aliphatic rings. The smallest absolute Gasteiger partial charge is 0.130 e. The Kier molecular flexibility index (Phi) is 13.7. The first kappa shape index (κ1) is 53.9. The van der Waals surface area contributed by atoms with Gasteiger partial charge in [0, 0.05) is 97.1 Å². The second kappa shape index (κ2) is 20.8. The average molecular weight is 1120 g/mol. The lowest BCUT2D eigenvalue weighted by molar-refractivity contribution is 0.0292. The second-order valence-corrected chi connectivity index (χ2v) is 23.6. The van der Waals surface area contributed by atoms with Crippen LogP contribution in [0.15, 0.2) is 97.3 Å². The molecule has 2 aliphatic carbocycles. The topological polar surface area (TPSA) is 156 Å². The van der Waals surface area contributed by atoms with Gasteiger partial charge in [-0.3, -0.25) is 9.97 Å². The molecule has 14 nitrogen and oxygen atoms in total. The van der Waals surface area contributed by atoms with Crippen molar-refractivity contribution in [2.24, 2.45) is 37.8 Å². The molecule has 0 amide bonds. The molecule has 10 aromatic rings. The van der Waals surface area contributed by atoms with Crippen LogP contribution in [0.5, 0.6) is 0 Å². The Balaban J connectivity index is 0.000000154. The van der Waals surface area contributed by atoms with Crippen LogP contribution in [0.3, 0.4) is 0 Å². The van der Waals surface area contributed by atoms with Crippen molar-refractivity contribution in [1.82, 2.24) is 49.1 Å². The van der Waals surface area contributed by atoms with Crippen molar-refractivity contribution in [3.8, 4) is 22.5 Å². The summed E-state index contributed by atoms with van der Waals surface area (Å²) in [5.74, 6) is -1.34. The van der Waals surface area contributed by atoms with E-state index < -0.39 is 34.9 Å². The van der Waals surface area contributed by atoms with Crippen LogP contribution >= 0.6 is 0 Å². The van der Waals surface area contributed by atoms with E-state index in [1.54, 1.807) is 59.9 Å². The third-order valence-electron chi connectivity index (χ3n) is 18.3. The molecule has 6 aromatic heterocycles. The molecule has 2 N–H and O–H groups in total. The number of hydrogen-bond acceptors (Lipinski definition) is 10. The van der Waals surface area contributed by atoms with Gasteiger partial charge in [-0.1, -0.05) is 46.8 Å². The molecule has 424 valence electrons. The van der Waals surface area contributed by atoms with Gasteiger partial charge in [-0.05, 0) is 151 Å². The van der Waals surface area contributed by atoms with Crippen molar-refractivity contribution in [2.75, 3.05) is 26.4 Å². The van der Waals surface area contributed by atoms with Crippen LogP contribution in [0.1, 0.15) is 111 Å². The Morgan fingerprint density at radius 1 is 0.512 bits per heavy atom. The SMILES string of the molecule is Cc1nnn(C)c1-c1cnc2c3cc(F)c(C(C)(O)C4CC4)cc3n([C@H](c3ccccc3F)C3CCOCC3)c2c1.Cc1nnn(C)c1-c1cnc2c3cc(F)c(C(C)(O)C4CC4)cc3n([C@H](c3ccccc3F)C3CCOCC3)c2c1. The summed E-state index contributed by atoms with van der Waals surface area (Å²) in [6.07, 6.45) is 9.97. The van der Waals surface area contributed by atoms with Gasteiger partial charge in [0.1, 0.15) is 23.3 Å². The van der Waals surface area contributed by atoms with Crippen LogP contribution < -0.4 is 0 Å². The van der Waals surface area contributed by atoms with Gasteiger partial charge in [0.05, 0.1) is 79.2 Å². The maximum atomic E-state index is 15.8. The highest BCUT2D eigenvalue weighted by Crippen LogP contribution is 2.51. The number of aryl methyl sites for hydroxylation is 4. The average Bonchev–Trinajstić information content (AvgIpc) is 3.88.